The van der Waals surface area contributed by atoms with Crippen LogP contribution >= 0.6 is 0 Å². The van der Waals surface area contributed by atoms with Crippen molar-refractivity contribution in [3.05, 3.63) is 35.9 Å². The SMILES string of the molecule is O=C(O)CCCCCCNC(=O)/C=C/c1ccc(O)cc1. The van der Waals surface area contributed by atoms with E-state index in [2.05, 4.69) is 5.32 Å². The molecule has 5 nitrogen and oxygen atoms in total. The number of rotatable bonds is 9. The van der Waals surface area contributed by atoms with Crippen molar-refractivity contribution in [2.75, 3.05) is 6.54 Å². The van der Waals surface area contributed by atoms with E-state index in [1.807, 2.05) is 0 Å². The van der Waals surface area contributed by atoms with Gasteiger partial charge in [-0.25, -0.2) is 0 Å². The molecule has 0 spiro atoms. The Balaban J connectivity index is 2.11. The second kappa shape index (κ2) is 9.58. The molecule has 1 aromatic rings. The van der Waals surface area contributed by atoms with Gasteiger partial charge in [0.25, 0.3) is 0 Å². The van der Waals surface area contributed by atoms with Crippen LogP contribution in [0.4, 0.5) is 0 Å². The lowest BCUT2D eigenvalue weighted by Gasteiger charge is -2.02. The van der Waals surface area contributed by atoms with Crippen LogP contribution < -0.4 is 5.32 Å². The number of nitrogens with one attached hydrogen (secondary N) is 1. The lowest BCUT2D eigenvalue weighted by Crippen LogP contribution is -2.21. The molecular formula is C16H21NO4. The monoisotopic (exact) mass is 291 g/mol. The number of phenolic OH excluding ortho intramolecular Hbond substituents is 1. The average Bonchev–Trinajstić information content (AvgIpc) is 2.45. The highest BCUT2D eigenvalue weighted by molar-refractivity contribution is 5.91. The van der Waals surface area contributed by atoms with E-state index in [0.717, 1.165) is 24.8 Å². The standard InChI is InChI=1S/C16H21NO4/c18-14-9-6-13(7-10-14)8-11-15(19)17-12-4-2-1-3-5-16(20)21/h6-11,18H,1-5,12H2,(H,17,19)(H,20,21)/b11-8+. The molecule has 0 fully saturated rings. The third kappa shape index (κ3) is 8.47. The van der Waals surface area contributed by atoms with Crippen molar-refractivity contribution < 1.29 is 19.8 Å². The maximum Gasteiger partial charge on any atom is 0.303 e. The van der Waals surface area contributed by atoms with Gasteiger partial charge in [0.15, 0.2) is 0 Å². The highest BCUT2D eigenvalue weighted by Crippen LogP contribution is 2.10. The molecule has 1 aromatic carbocycles. The number of benzene rings is 1. The number of carbonyl (C=O) groups is 2. The third-order valence-corrected chi connectivity index (χ3v) is 2.94. The summed E-state index contributed by atoms with van der Waals surface area (Å²) >= 11 is 0. The van der Waals surface area contributed by atoms with Crippen molar-refractivity contribution in [2.24, 2.45) is 0 Å². The first-order valence-electron chi connectivity index (χ1n) is 7.04. The fourth-order valence-corrected chi connectivity index (χ4v) is 1.78. The Kier molecular flexibility index (Phi) is 7.64. The molecule has 1 amide bonds. The van der Waals surface area contributed by atoms with Crippen LogP contribution in [0.5, 0.6) is 5.75 Å². The van der Waals surface area contributed by atoms with Gasteiger partial charge < -0.3 is 15.5 Å². The Hall–Kier alpha value is -2.30. The Morgan fingerprint density at radius 2 is 1.71 bits per heavy atom. The zero-order valence-corrected chi connectivity index (χ0v) is 11.9. The lowest BCUT2D eigenvalue weighted by atomic mass is 10.1. The minimum absolute atomic E-state index is 0.159. The Morgan fingerprint density at radius 1 is 1.05 bits per heavy atom. The maximum atomic E-state index is 11.5. The molecule has 0 heterocycles. The molecule has 0 saturated heterocycles. The Bertz CT molecular complexity index is 480. The van der Waals surface area contributed by atoms with Gasteiger partial charge in [-0.05, 0) is 36.6 Å². The summed E-state index contributed by atoms with van der Waals surface area (Å²) in [5.74, 6) is -0.726. The topological polar surface area (TPSA) is 86.6 Å². The van der Waals surface area contributed by atoms with Crippen LogP contribution in [0.25, 0.3) is 6.08 Å². The van der Waals surface area contributed by atoms with Gasteiger partial charge in [-0.15, -0.1) is 0 Å². The van der Waals surface area contributed by atoms with Gasteiger partial charge in [0.05, 0.1) is 0 Å². The fourth-order valence-electron chi connectivity index (χ4n) is 1.78. The molecule has 0 bridgehead atoms. The molecule has 0 saturated carbocycles. The van der Waals surface area contributed by atoms with Crippen molar-refractivity contribution in [1.82, 2.24) is 5.32 Å². The molecule has 0 aliphatic heterocycles. The molecule has 21 heavy (non-hydrogen) atoms. The number of unbranched alkanes of at least 4 members (excludes halogenated alkanes) is 3. The predicted octanol–water partition coefficient (Wildman–Crippen LogP) is 2.56. The van der Waals surface area contributed by atoms with Crippen LogP contribution in [-0.2, 0) is 9.59 Å². The molecule has 114 valence electrons. The summed E-state index contributed by atoms with van der Waals surface area (Å²) < 4.78 is 0. The van der Waals surface area contributed by atoms with Crippen LogP contribution in [0.1, 0.15) is 37.7 Å². The van der Waals surface area contributed by atoms with E-state index in [1.165, 1.54) is 6.08 Å². The average molecular weight is 291 g/mol. The van der Waals surface area contributed by atoms with E-state index in [0.29, 0.717) is 13.0 Å². The number of amides is 1. The Morgan fingerprint density at radius 3 is 2.38 bits per heavy atom. The van der Waals surface area contributed by atoms with Crippen LogP contribution in [0, 0.1) is 0 Å². The van der Waals surface area contributed by atoms with Crippen LogP contribution in [0.15, 0.2) is 30.3 Å². The lowest BCUT2D eigenvalue weighted by molar-refractivity contribution is -0.137. The van der Waals surface area contributed by atoms with Gasteiger partial charge in [-0.3, -0.25) is 9.59 Å². The van der Waals surface area contributed by atoms with Gasteiger partial charge in [0.1, 0.15) is 5.75 Å². The van der Waals surface area contributed by atoms with Gasteiger partial charge in [-0.2, -0.15) is 0 Å². The van der Waals surface area contributed by atoms with Crippen molar-refractivity contribution >= 4 is 18.0 Å². The van der Waals surface area contributed by atoms with Crippen molar-refractivity contribution in [3.8, 4) is 5.75 Å². The first-order valence-corrected chi connectivity index (χ1v) is 7.04. The fraction of sp³-hybridized carbons (Fsp3) is 0.375. The van der Waals surface area contributed by atoms with Crippen LogP contribution in [0.3, 0.4) is 0 Å². The zero-order chi connectivity index (χ0) is 15.5. The molecular weight excluding hydrogens is 270 g/mol. The molecule has 0 aromatic heterocycles. The number of carboxylic acids is 1. The summed E-state index contributed by atoms with van der Waals surface area (Å²) in [6, 6.07) is 6.58. The number of carboxylic acid groups (broad SMARTS) is 1. The van der Waals surface area contributed by atoms with E-state index in [1.54, 1.807) is 30.3 Å². The van der Waals surface area contributed by atoms with Crippen LogP contribution in [0.2, 0.25) is 0 Å². The normalized spacial score (nSPS) is 10.7. The zero-order valence-electron chi connectivity index (χ0n) is 11.9. The van der Waals surface area contributed by atoms with Gasteiger partial charge in [0.2, 0.25) is 5.91 Å². The molecule has 3 N–H and O–H groups in total. The molecule has 5 heteroatoms. The molecule has 0 aliphatic rings. The summed E-state index contributed by atoms with van der Waals surface area (Å²) in [4.78, 5) is 21.8. The third-order valence-electron chi connectivity index (χ3n) is 2.94. The minimum Gasteiger partial charge on any atom is -0.508 e. The number of hydrogen-bond acceptors (Lipinski definition) is 3. The molecule has 0 radical (unpaired) electrons. The molecule has 0 unspecified atom stereocenters. The first-order chi connectivity index (χ1) is 10.1. The minimum atomic E-state index is -0.761. The summed E-state index contributed by atoms with van der Waals surface area (Å²) in [5, 5.41) is 20.4. The highest BCUT2D eigenvalue weighted by Gasteiger charge is 1.98. The van der Waals surface area contributed by atoms with E-state index in [-0.39, 0.29) is 18.1 Å². The number of carbonyl (C=O) groups excluding carboxylic acids is 1. The summed E-state index contributed by atoms with van der Waals surface area (Å²) in [6.07, 6.45) is 6.66. The number of phenols is 1. The van der Waals surface area contributed by atoms with Crippen molar-refractivity contribution in [2.45, 2.75) is 32.1 Å². The van der Waals surface area contributed by atoms with E-state index >= 15 is 0 Å². The van der Waals surface area contributed by atoms with Gasteiger partial charge in [-0.1, -0.05) is 25.0 Å². The summed E-state index contributed by atoms with van der Waals surface area (Å²) in [5.41, 5.74) is 0.844. The molecule has 0 aliphatic carbocycles. The van der Waals surface area contributed by atoms with E-state index in [9.17, 15) is 9.59 Å². The Labute approximate surface area is 124 Å². The van der Waals surface area contributed by atoms with E-state index in [4.69, 9.17) is 10.2 Å². The molecule has 1 rings (SSSR count). The maximum absolute atomic E-state index is 11.5. The summed E-state index contributed by atoms with van der Waals surface area (Å²) in [6.45, 7) is 0.589. The van der Waals surface area contributed by atoms with Gasteiger partial charge >= 0.3 is 5.97 Å². The summed E-state index contributed by atoms with van der Waals surface area (Å²) in [7, 11) is 0. The first kappa shape index (κ1) is 16.8. The number of aliphatic carboxylic acids is 1. The van der Waals surface area contributed by atoms with Crippen LogP contribution in [-0.4, -0.2) is 28.6 Å². The number of aromatic hydroxyl groups is 1. The largest absolute Gasteiger partial charge is 0.508 e. The number of hydrogen-bond donors (Lipinski definition) is 3. The second-order valence-electron chi connectivity index (χ2n) is 4.77. The van der Waals surface area contributed by atoms with Crippen molar-refractivity contribution in [1.29, 1.82) is 0 Å². The predicted molar refractivity (Wildman–Crippen MR) is 80.9 cm³/mol. The quantitative estimate of drug-likeness (QED) is 0.482. The van der Waals surface area contributed by atoms with E-state index < -0.39 is 5.97 Å². The van der Waals surface area contributed by atoms with Crippen molar-refractivity contribution in [3.63, 3.8) is 0 Å². The highest BCUT2D eigenvalue weighted by atomic mass is 16.4. The second-order valence-corrected chi connectivity index (χ2v) is 4.77. The van der Waals surface area contributed by atoms with Gasteiger partial charge in [0, 0.05) is 19.0 Å². The molecule has 0 atom stereocenters. The smallest absolute Gasteiger partial charge is 0.303 e.